The molecule has 0 heterocycles. The minimum absolute atomic E-state index is 0.393. The van der Waals surface area contributed by atoms with Crippen molar-refractivity contribution in [1.82, 2.24) is 0 Å². The number of nitrogens with one attached hydrogen (secondary N) is 1. The van der Waals surface area contributed by atoms with Gasteiger partial charge in [0.15, 0.2) is 0 Å². The Balaban J connectivity index is 2.32. The smallest absolute Gasteiger partial charge is 0.247 e. The van der Waals surface area contributed by atoms with Crippen LogP contribution in [0.1, 0.15) is 25.0 Å². The van der Waals surface area contributed by atoms with Crippen LogP contribution in [0, 0.1) is 6.92 Å². The lowest BCUT2D eigenvalue weighted by molar-refractivity contribution is -0.116. The number of nitrogens with zero attached hydrogens (tertiary/aromatic N) is 1. The Bertz CT molecular complexity index is 896. The molecule has 0 saturated carbocycles. The molecule has 140 valence electrons. The second-order valence-electron chi connectivity index (χ2n) is 6.21. The van der Waals surface area contributed by atoms with Gasteiger partial charge in [-0.05, 0) is 55.7 Å². The first-order valence-electron chi connectivity index (χ1n) is 8.29. The lowest BCUT2D eigenvalue weighted by Gasteiger charge is -2.29. The van der Waals surface area contributed by atoms with Gasteiger partial charge >= 0.3 is 0 Å². The van der Waals surface area contributed by atoms with E-state index in [0.717, 1.165) is 22.5 Å². The Morgan fingerprint density at radius 2 is 1.81 bits per heavy atom. The number of carbonyl (C=O) groups is 1. The summed E-state index contributed by atoms with van der Waals surface area (Å²) in [6.07, 6.45) is 1.98. The molecule has 0 saturated heterocycles. The molecular weight excluding hydrogens is 372 g/mol. The van der Waals surface area contributed by atoms with E-state index in [4.69, 9.17) is 11.6 Å². The number of hydrogen-bond donors (Lipinski definition) is 1. The van der Waals surface area contributed by atoms with Gasteiger partial charge in [-0.2, -0.15) is 0 Å². The van der Waals surface area contributed by atoms with Gasteiger partial charge in [-0.3, -0.25) is 9.10 Å². The summed E-state index contributed by atoms with van der Waals surface area (Å²) in [6.45, 7) is 5.38. The predicted octanol–water partition coefficient (Wildman–Crippen LogP) is 4.00. The average molecular weight is 395 g/mol. The van der Waals surface area contributed by atoms with Crippen molar-refractivity contribution in [3.8, 4) is 0 Å². The highest BCUT2D eigenvalue weighted by molar-refractivity contribution is 7.92. The maximum Gasteiger partial charge on any atom is 0.247 e. The van der Waals surface area contributed by atoms with Crippen molar-refractivity contribution < 1.29 is 13.2 Å². The van der Waals surface area contributed by atoms with Crippen LogP contribution in [0.25, 0.3) is 0 Å². The van der Waals surface area contributed by atoms with Crippen molar-refractivity contribution in [2.24, 2.45) is 0 Å². The zero-order valence-corrected chi connectivity index (χ0v) is 16.9. The molecule has 0 aromatic heterocycles. The molecule has 0 spiro atoms. The molecular formula is C19H23ClN2O3S. The maximum atomic E-state index is 12.7. The third-order valence-electron chi connectivity index (χ3n) is 4.13. The molecule has 0 radical (unpaired) electrons. The highest BCUT2D eigenvalue weighted by Gasteiger charge is 2.30. The number of rotatable bonds is 6. The van der Waals surface area contributed by atoms with E-state index in [-0.39, 0.29) is 0 Å². The first kappa shape index (κ1) is 20.3. The SMILES string of the molecule is CCc1ccc(NC(=O)[C@@H](C)N(c2cc(Cl)ccc2C)S(C)(=O)=O)cc1. The molecule has 7 heteroatoms. The first-order chi connectivity index (χ1) is 12.1. The summed E-state index contributed by atoms with van der Waals surface area (Å²) in [4.78, 5) is 12.7. The lowest BCUT2D eigenvalue weighted by Crippen LogP contribution is -2.45. The van der Waals surface area contributed by atoms with Crippen molar-refractivity contribution in [2.75, 3.05) is 15.9 Å². The lowest BCUT2D eigenvalue weighted by atomic mass is 10.1. The molecule has 5 nitrogen and oxygen atoms in total. The van der Waals surface area contributed by atoms with E-state index in [0.29, 0.717) is 22.0 Å². The summed E-state index contributed by atoms with van der Waals surface area (Å²) in [5, 5.41) is 3.18. The number of amides is 1. The van der Waals surface area contributed by atoms with E-state index in [9.17, 15) is 13.2 Å². The van der Waals surface area contributed by atoms with Crippen molar-refractivity contribution in [2.45, 2.75) is 33.2 Å². The number of carbonyl (C=O) groups excluding carboxylic acids is 1. The second-order valence-corrected chi connectivity index (χ2v) is 8.50. The van der Waals surface area contributed by atoms with Gasteiger partial charge in [-0.25, -0.2) is 8.42 Å². The van der Waals surface area contributed by atoms with Crippen LogP contribution in [-0.4, -0.2) is 26.6 Å². The molecule has 2 aromatic carbocycles. The van der Waals surface area contributed by atoms with Gasteiger partial charge in [0.05, 0.1) is 11.9 Å². The number of benzene rings is 2. The largest absolute Gasteiger partial charge is 0.324 e. The van der Waals surface area contributed by atoms with Gasteiger partial charge in [-0.15, -0.1) is 0 Å². The zero-order valence-electron chi connectivity index (χ0n) is 15.3. The number of aryl methyl sites for hydroxylation is 2. The Labute approximate surface area is 160 Å². The van der Waals surface area contributed by atoms with Crippen LogP contribution in [0.2, 0.25) is 5.02 Å². The van der Waals surface area contributed by atoms with Crippen molar-refractivity contribution >= 4 is 38.9 Å². The van der Waals surface area contributed by atoms with E-state index < -0.39 is 22.0 Å². The number of halogens is 1. The van der Waals surface area contributed by atoms with Crippen LogP contribution >= 0.6 is 11.6 Å². The second kappa shape index (κ2) is 8.10. The van der Waals surface area contributed by atoms with Gasteiger partial charge in [0.25, 0.3) is 0 Å². The Hall–Kier alpha value is -2.05. The van der Waals surface area contributed by atoms with E-state index in [2.05, 4.69) is 5.32 Å². The maximum absolute atomic E-state index is 12.7. The third-order valence-corrected chi connectivity index (χ3v) is 5.59. The monoisotopic (exact) mass is 394 g/mol. The van der Waals surface area contributed by atoms with Gasteiger partial charge in [0, 0.05) is 10.7 Å². The molecule has 2 rings (SSSR count). The van der Waals surface area contributed by atoms with Crippen LogP contribution in [0.4, 0.5) is 11.4 Å². The summed E-state index contributed by atoms with van der Waals surface area (Å²) in [5.74, 6) is -0.418. The number of sulfonamides is 1. The Morgan fingerprint density at radius 3 is 2.35 bits per heavy atom. The Kier molecular flexibility index (Phi) is 6.31. The molecule has 1 N–H and O–H groups in total. The van der Waals surface area contributed by atoms with Crippen LogP contribution in [-0.2, 0) is 21.2 Å². The predicted molar refractivity (Wildman–Crippen MR) is 107 cm³/mol. The molecule has 0 unspecified atom stereocenters. The quantitative estimate of drug-likeness (QED) is 0.805. The van der Waals surface area contributed by atoms with E-state index in [1.165, 1.54) is 0 Å². The van der Waals surface area contributed by atoms with E-state index in [1.54, 1.807) is 44.2 Å². The summed E-state index contributed by atoms with van der Waals surface area (Å²) in [5.41, 5.74) is 2.88. The highest BCUT2D eigenvalue weighted by atomic mass is 35.5. The van der Waals surface area contributed by atoms with E-state index >= 15 is 0 Å². The third kappa shape index (κ3) is 4.77. The molecule has 0 aliphatic rings. The van der Waals surface area contributed by atoms with Gasteiger partial charge in [0.1, 0.15) is 6.04 Å². The molecule has 26 heavy (non-hydrogen) atoms. The average Bonchev–Trinajstić information content (AvgIpc) is 2.57. The van der Waals surface area contributed by atoms with Crippen LogP contribution in [0.3, 0.4) is 0 Å². The van der Waals surface area contributed by atoms with Crippen molar-refractivity contribution in [3.63, 3.8) is 0 Å². The fourth-order valence-corrected chi connectivity index (χ4v) is 4.06. The molecule has 2 aromatic rings. The van der Waals surface area contributed by atoms with E-state index in [1.807, 2.05) is 19.1 Å². The summed E-state index contributed by atoms with van der Waals surface area (Å²) < 4.78 is 25.9. The van der Waals surface area contributed by atoms with Crippen molar-refractivity contribution in [3.05, 3.63) is 58.6 Å². The van der Waals surface area contributed by atoms with Crippen LogP contribution in [0.15, 0.2) is 42.5 Å². The summed E-state index contributed by atoms with van der Waals surface area (Å²) in [6, 6.07) is 11.5. The normalized spacial score (nSPS) is 12.5. The highest BCUT2D eigenvalue weighted by Crippen LogP contribution is 2.28. The molecule has 0 aliphatic heterocycles. The standard InChI is InChI=1S/C19H23ClN2O3S/c1-5-15-7-10-17(11-8-15)21-19(23)14(3)22(26(4,24)25)18-12-16(20)9-6-13(18)2/h6-12,14H,5H2,1-4H3,(H,21,23)/t14-/m1/s1. The van der Waals surface area contributed by atoms with Gasteiger partial charge < -0.3 is 5.32 Å². The molecule has 1 amide bonds. The molecule has 0 aliphatic carbocycles. The minimum atomic E-state index is -3.69. The zero-order chi connectivity index (χ0) is 19.5. The molecule has 0 bridgehead atoms. The topological polar surface area (TPSA) is 66.5 Å². The van der Waals surface area contributed by atoms with Crippen molar-refractivity contribution in [1.29, 1.82) is 0 Å². The number of anilines is 2. The number of hydrogen-bond acceptors (Lipinski definition) is 3. The molecule has 0 fully saturated rings. The fourth-order valence-electron chi connectivity index (χ4n) is 2.67. The molecule has 1 atom stereocenters. The minimum Gasteiger partial charge on any atom is -0.324 e. The first-order valence-corrected chi connectivity index (χ1v) is 10.5. The van der Waals surface area contributed by atoms with Gasteiger partial charge in [-0.1, -0.05) is 36.7 Å². The van der Waals surface area contributed by atoms with Gasteiger partial charge in [0.2, 0.25) is 15.9 Å². The van der Waals surface area contributed by atoms with Crippen LogP contribution < -0.4 is 9.62 Å². The van der Waals surface area contributed by atoms with Crippen LogP contribution in [0.5, 0.6) is 0 Å². The summed E-state index contributed by atoms with van der Waals surface area (Å²) >= 11 is 6.03. The Morgan fingerprint density at radius 1 is 1.19 bits per heavy atom. The summed E-state index contributed by atoms with van der Waals surface area (Å²) in [7, 11) is -3.69. The fraction of sp³-hybridized carbons (Fsp3) is 0.316.